The molecule has 23 heavy (non-hydrogen) atoms. The van der Waals surface area contributed by atoms with E-state index < -0.39 is 17.8 Å². The number of carbonyl (C=O) groups excluding carboxylic acids is 1. The van der Waals surface area contributed by atoms with Crippen LogP contribution < -0.4 is 10.2 Å². The quantitative estimate of drug-likeness (QED) is 0.888. The molecule has 1 atom stereocenters. The number of carbonyl (C=O) groups is 1. The molecule has 0 saturated heterocycles. The third kappa shape index (κ3) is 3.42. The molecule has 1 unspecified atom stereocenters. The van der Waals surface area contributed by atoms with Gasteiger partial charge in [0.2, 0.25) is 5.91 Å². The van der Waals surface area contributed by atoms with E-state index in [1.807, 2.05) is 6.92 Å². The first-order valence-electron chi connectivity index (χ1n) is 6.97. The number of benzene rings is 1. The molecular formula is C15H17F3N2O3. The molecule has 0 spiro atoms. The normalized spacial score (nSPS) is 21.0. The lowest BCUT2D eigenvalue weighted by Crippen LogP contribution is -2.60. The van der Waals surface area contributed by atoms with E-state index in [1.165, 1.54) is 6.92 Å². The minimum atomic E-state index is -5.01. The summed E-state index contributed by atoms with van der Waals surface area (Å²) >= 11 is 0. The third-order valence-corrected chi connectivity index (χ3v) is 3.30. The van der Waals surface area contributed by atoms with E-state index in [4.69, 9.17) is 4.74 Å². The Kier molecular flexibility index (Phi) is 4.56. The molecule has 0 radical (unpaired) electrons. The van der Waals surface area contributed by atoms with Crippen LogP contribution in [0.25, 0.3) is 0 Å². The van der Waals surface area contributed by atoms with Crippen LogP contribution in [0.5, 0.6) is 5.75 Å². The molecule has 2 rings (SSSR count). The molecule has 2 N–H and O–H groups in total. The lowest BCUT2D eigenvalue weighted by Gasteiger charge is -2.33. The van der Waals surface area contributed by atoms with Gasteiger partial charge in [0.05, 0.1) is 13.0 Å². The molecule has 1 aliphatic rings. The molecule has 1 amide bonds. The molecule has 1 aliphatic heterocycles. The average molecular weight is 330 g/mol. The van der Waals surface area contributed by atoms with E-state index in [0.29, 0.717) is 24.0 Å². The van der Waals surface area contributed by atoms with Crippen molar-refractivity contribution >= 4 is 5.91 Å². The van der Waals surface area contributed by atoms with Gasteiger partial charge in [-0.25, -0.2) is 5.01 Å². The van der Waals surface area contributed by atoms with E-state index >= 15 is 0 Å². The SMILES string of the molecule is CCOc1ccc(CC(=O)N2NC(C)=CC2(O)C(F)(F)F)cc1. The van der Waals surface area contributed by atoms with Gasteiger partial charge in [-0.2, -0.15) is 13.2 Å². The Bertz CT molecular complexity index is 613. The zero-order chi connectivity index (χ0) is 17.3. The molecule has 0 bridgehead atoms. The van der Waals surface area contributed by atoms with Gasteiger partial charge in [0.1, 0.15) is 5.75 Å². The number of halogens is 3. The van der Waals surface area contributed by atoms with E-state index in [-0.39, 0.29) is 17.1 Å². The van der Waals surface area contributed by atoms with E-state index in [2.05, 4.69) is 5.43 Å². The minimum absolute atomic E-state index is 0.0462. The van der Waals surface area contributed by atoms with Gasteiger partial charge in [0, 0.05) is 5.70 Å². The maximum atomic E-state index is 13.1. The van der Waals surface area contributed by atoms with Gasteiger partial charge in [-0.1, -0.05) is 12.1 Å². The van der Waals surface area contributed by atoms with E-state index in [9.17, 15) is 23.1 Å². The second-order valence-corrected chi connectivity index (χ2v) is 5.15. The van der Waals surface area contributed by atoms with Crippen molar-refractivity contribution in [2.45, 2.75) is 32.2 Å². The van der Waals surface area contributed by atoms with E-state index in [0.717, 1.165) is 0 Å². The fourth-order valence-corrected chi connectivity index (χ4v) is 2.25. The fraction of sp³-hybridized carbons (Fsp3) is 0.400. The van der Waals surface area contributed by atoms with Crippen molar-refractivity contribution in [2.75, 3.05) is 6.61 Å². The van der Waals surface area contributed by atoms with Gasteiger partial charge < -0.3 is 9.84 Å². The summed E-state index contributed by atoms with van der Waals surface area (Å²) in [6.07, 6.45) is -4.73. The highest BCUT2D eigenvalue weighted by Gasteiger charge is 2.61. The summed E-state index contributed by atoms with van der Waals surface area (Å²) in [6, 6.07) is 6.43. The number of alkyl halides is 3. The Morgan fingerprint density at radius 2 is 1.96 bits per heavy atom. The molecule has 1 aromatic carbocycles. The lowest BCUT2D eigenvalue weighted by molar-refractivity contribution is -0.288. The molecule has 0 aromatic heterocycles. The van der Waals surface area contributed by atoms with Crippen LogP contribution in [0.2, 0.25) is 0 Å². The summed E-state index contributed by atoms with van der Waals surface area (Å²) < 4.78 is 44.4. The highest BCUT2D eigenvalue weighted by atomic mass is 19.4. The van der Waals surface area contributed by atoms with Crippen LogP contribution in [0.1, 0.15) is 19.4 Å². The van der Waals surface area contributed by atoms with Gasteiger partial charge in [0.15, 0.2) is 0 Å². The Hall–Kier alpha value is -2.22. The molecule has 5 nitrogen and oxygen atoms in total. The predicted molar refractivity (Wildman–Crippen MR) is 76.1 cm³/mol. The number of aliphatic hydroxyl groups is 1. The van der Waals surface area contributed by atoms with Crippen molar-refractivity contribution < 1.29 is 27.8 Å². The number of hydrogen-bond acceptors (Lipinski definition) is 4. The Balaban J connectivity index is 2.14. The van der Waals surface area contributed by atoms with Crippen LogP contribution in [0.3, 0.4) is 0 Å². The number of rotatable bonds is 4. The smallest absolute Gasteiger partial charge is 0.442 e. The monoisotopic (exact) mass is 330 g/mol. The number of hydrogen-bond donors (Lipinski definition) is 2. The Labute approximate surface area is 131 Å². The first-order valence-corrected chi connectivity index (χ1v) is 6.97. The molecule has 1 aromatic rings. The zero-order valence-electron chi connectivity index (χ0n) is 12.6. The van der Waals surface area contributed by atoms with Gasteiger partial charge in [-0.05, 0) is 37.6 Å². The number of allylic oxidation sites excluding steroid dienone is 1. The van der Waals surface area contributed by atoms with Crippen LogP contribution in [0.4, 0.5) is 13.2 Å². The second-order valence-electron chi connectivity index (χ2n) is 5.15. The number of nitrogens with zero attached hydrogens (tertiary/aromatic N) is 1. The number of hydrazine groups is 1. The summed E-state index contributed by atoms with van der Waals surface area (Å²) in [5.74, 6) is -0.297. The van der Waals surface area contributed by atoms with Crippen molar-refractivity contribution in [1.29, 1.82) is 0 Å². The molecule has 0 aliphatic carbocycles. The van der Waals surface area contributed by atoms with Crippen LogP contribution in [-0.2, 0) is 11.2 Å². The van der Waals surface area contributed by atoms with Gasteiger partial charge in [0.25, 0.3) is 5.72 Å². The summed E-state index contributed by atoms with van der Waals surface area (Å²) in [5.41, 5.74) is -0.540. The summed E-state index contributed by atoms with van der Waals surface area (Å²) in [5, 5.41) is 10.0. The first kappa shape index (κ1) is 17.1. The maximum Gasteiger partial charge on any atom is 0.442 e. The summed E-state index contributed by atoms with van der Waals surface area (Å²) in [4.78, 5) is 12.2. The third-order valence-electron chi connectivity index (χ3n) is 3.30. The second kappa shape index (κ2) is 6.11. The molecule has 1 heterocycles. The highest BCUT2D eigenvalue weighted by Crippen LogP contribution is 2.37. The van der Waals surface area contributed by atoms with Crippen LogP contribution >= 0.6 is 0 Å². The average Bonchev–Trinajstić information content (AvgIpc) is 2.77. The van der Waals surface area contributed by atoms with Crippen LogP contribution in [0.15, 0.2) is 36.0 Å². The van der Waals surface area contributed by atoms with Crippen molar-refractivity contribution in [1.82, 2.24) is 10.4 Å². The van der Waals surface area contributed by atoms with Gasteiger partial charge >= 0.3 is 6.18 Å². The zero-order valence-corrected chi connectivity index (χ0v) is 12.6. The lowest BCUT2D eigenvalue weighted by atomic mass is 10.1. The largest absolute Gasteiger partial charge is 0.494 e. The van der Waals surface area contributed by atoms with Gasteiger partial charge in [-0.15, -0.1) is 0 Å². The summed E-state index contributed by atoms with van der Waals surface area (Å²) in [7, 11) is 0. The molecule has 0 fully saturated rings. The van der Waals surface area contributed by atoms with Gasteiger partial charge in [-0.3, -0.25) is 10.2 Å². The topological polar surface area (TPSA) is 61.8 Å². The van der Waals surface area contributed by atoms with Crippen molar-refractivity contribution in [3.05, 3.63) is 41.6 Å². The predicted octanol–water partition coefficient (Wildman–Crippen LogP) is 2.13. The number of nitrogens with one attached hydrogen (secondary N) is 1. The maximum absolute atomic E-state index is 13.1. The molecular weight excluding hydrogens is 313 g/mol. The van der Waals surface area contributed by atoms with Crippen LogP contribution in [-0.4, -0.2) is 34.5 Å². The molecule has 126 valence electrons. The number of amides is 1. The molecule has 0 saturated carbocycles. The van der Waals surface area contributed by atoms with Crippen LogP contribution in [0, 0.1) is 0 Å². The Morgan fingerprint density at radius 3 is 2.48 bits per heavy atom. The summed E-state index contributed by atoms with van der Waals surface area (Å²) in [6.45, 7) is 3.64. The minimum Gasteiger partial charge on any atom is -0.494 e. The first-order chi connectivity index (χ1) is 10.7. The van der Waals surface area contributed by atoms with Crippen molar-refractivity contribution in [2.24, 2.45) is 0 Å². The van der Waals surface area contributed by atoms with Crippen molar-refractivity contribution in [3.8, 4) is 5.75 Å². The number of ether oxygens (including phenoxy) is 1. The highest BCUT2D eigenvalue weighted by molar-refractivity contribution is 5.80. The standard InChI is InChI=1S/C15H17F3N2O3/c1-3-23-12-6-4-11(5-7-12)8-13(21)20-14(22,15(16,17)18)9-10(2)19-20/h4-7,9,19,22H,3,8H2,1-2H3. The Morgan fingerprint density at radius 1 is 1.35 bits per heavy atom. The van der Waals surface area contributed by atoms with E-state index in [1.54, 1.807) is 24.3 Å². The van der Waals surface area contributed by atoms with Crippen molar-refractivity contribution in [3.63, 3.8) is 0 Å². The molecule has 8 heteroatoms. The fourth-order valence-electron chi connectivity index (χ4n) is 2.25.